The Hall–Kier alpha value is 5.12. The Kier molecular flexibility index (Phi) is 41.1. The van der Waals surface area contributed by atoms with Gasteiger partial charge in [-0.05, 0) is 0 Å². The standard InChI is InChI=1S/K.3Na.H4O7P2.2H3O4P/c;;;;1-8(2,3)7-9(4,5)6;2*1-5(2,3)4/h;;;;(H2,1,2,3)(H2,4,5,6);2*(H3,1,2,3,4)/q4*+1;;;/p-4. The second-order valence-corrected chi connectivity index (χ2v) is 6.50. The minimum absolute atomic E-state index is 0. The Morgan fingerprint density at radius 1 is 0.565 bits per heavy atom. The molecule has 0 aromatic heterocycles. The van der Waals surface area contributed by atoms with E-state index in [4.69, 9.17) is 38.5 Å². The molecule has 0 fully saturated rings. The molecule has 0 heterocycles. The average molecular weight is 478 g/mol. The van der Waals surface area contributed by atoms with Crippen LogP contribution >= 0.6 is 31.3 Å². The molecule has 23 heteroatoms. The summed E-state index contributed by atoms with van der Waals surface area (Å²) in [4.78, 5) is 80.4. The smallest absolute Gasteiger partial charge is 0.790 e. The molecule has 0 aromatic carbocycles. The predicted octanol–water partition coefficient (Wildman–Crippen LogP) is -17.2. The van der Waals surface area contributed by atoms with Gasteiger partial charge in [0.05, 0.1) is 15.6 Å². The van der Waals surface area contributed by atoms with Crippen LogP contribution in [-0.2, 0) is 22.6 Å². The summed E-state index contributed by atoms with van der Waals surface area (Å²) in [5.41, 5.74) is 0. The second-order valence-electron chi connectivity index (χ2n) is 2.00. The first-order chi connectivity index (χ1) is 7.71. The first-order valence-electron chi connectivity index (χ1n) is 3.03. The van der Waals surface area contributed by atoms with Crippen LogP contribution in [0.3, 0.4) is 0 Å². The quantitative estimate of drug-likeness (QED) is 0.159. The fourth-order valence-corrected chi connectivity index (χ4v) is 1.10. The molecule has 0 radical (unpaired) electrons. The topological polar surface area (TPSA) is 291 Å². The van der Waals surface area contributed by atoms with E-state index in [0.717, 1.165) is 0 Å². The van der Waals surface area contributed by atoms with Gasteiger partial charge in [-0.15, -0.1) is 0 Å². The van der Waals surface area contributed by atoms with Crippen molar-refractivity contribution in [1.29, 1.82) is 0 Å². The van der Waals surface area contributed by atoms with Crippen LogP contribution in [0.25, 0.3) is 0 Å². The maximum atomic E-state index is 9.32. The van der Waals surface area contributed by atoms with Crippen molar-refractivity contribution in [3.8, 4) is 0 Å². The molecule has 120 valence electrons. The summed E-state index contributed by atoms with van der Waals surface area (Å²) in [5.74, 6) is 0. The number of phosphoric acid groups is 4. The number of hydrogen-bond donors (Lipinski definition) is 6. The van der Waals surface area contributed by atoms with Crippen molar-refractivity contribution in [1.82, 2.24) is 0 Å². The van der Waals surface area contributed by atoms with Crippen molar-refractivity contribution in [2.75, 3.05) is 0 Å². The summed E-state index contributed by atoms with van der Waals surface area (Å²) >= 11 is 0. The van der Waals surface area contributed by atoms with Crippen molar-refractivity contribution in [2.45, 2.75) is 0 Å². The largest absolute Gasteiger partial charge is 1.00 e. The van der Waals surface area contributed by atoms with Gasteiger partial charge in [-0.25, -0.2) is 9.13 Å². The number of hydrogen-bond acceptors (Lipinski definition) is 9. The maximum absolute atomic E-state index is 9.32. The molecule has 0 aromatic rings. The van der Waals surface area contributed by atoms with Gasteiger partial charge in [0.15, 0.2) is 0 Å². The predicted molar refractivity (Wildman–Crippen MR) is 44.8 cm³/mol. The molecular formula is H6KNa3O15P4. The third kappa shape index (κ3) is 138. The van der Waals surface area contributed by atoms with Crippen molar-refractivity contribution in [3.63, 3.8) is 0 Å². The van der Waals surface area contributed by atoms with E-state index >= 15 is 0 Å². The molecule has 0 amide bonds. The Labute approximate surface area is 238 Å². The fraction of sp³-hybridized carbons (Fsp3) is 0. The van der Waals surface area contributed by atoms with Gasteiger partial charge in [-0.2, -0.15) is 0 Å². The third-order valence-electron chi connectivity index (χ3n) is 0.200. The molecule has 0 saturated carbocycles. The number of rotatable bonds is 2. The zero-order valence-electron chi connectivity index (χ0n) is 12.1. The van der Waals surface area contributed by atoms with Gasteiger partial charge < -0.3 is 62.4 Å². The summed E-state index contributed by atoms with van der Waals surface area (Å²) in [6.07, 6.45) is 0. The molecule has 0 aliphatic carbocycles. The minimum Gasteiger partial charge on any atom is -0.790 e. The van der Waals surface area contributed by atoms with Gasteiger partial charge in [-0.3, -0.25) is 0 Å². The van der Waals surface area contributed by atoms with E-state index in [1.807, 2.05) is 0 Å². The van der Waals surface area contributed by atoms with Crippen molar-refractivity contribution >= 4 is 31.3 Å². The maximum Gasteiger partial charge on any atom is 1.00 e. The molecule has 0 spiro atoms. The summed E-state index contributed by atoms with van der Waals surface area (Å²) in [5, 5.41) is 0. The molecule has 0 bridgehead atoms. The summed E-state index contributed by atoms with van der Waals surface area (Å²) in [7, 11) is -20.6. The SMILES string of the molecule is O=P(O)(O)O.O=P(O)(O)O.O=P([O-])([O-])OP(=O)([O-])[O-].[K+].[Na+].[Na+].[Na+]. The van der Waals surface area contributed by atoms with E-state index in [0.29, 0.717) is 0 Å². The summed E-state index contributed by atoms with van der Waals surface area (Å²) < 4.78 is 38.9. The van der Waals surface area contributed by atoms with E-state index < -0.39 is 31.3 Å². The molecule has 0 rings (SSSR count). The Bertz CT molecular complexity index is 367. The fourth-order valence-electron chi connectivity index (χ4n) is 0.122. The Morgan fingerprint density at radius 2 is 0.652 bits per heavy atom. The van der Waals surface area contributed by atoms with Gasteiger partial charge in [0.2, 0.25) is 0 Å². The second kappa shape index (κ2) is 20.4. The molecule has 0 aliphatic rings. The van der Waals surface area contributed by atoms with Crippen LogP contribution in [0.5, 0.6) is 0 Å². The molecular weight excluding hydrogens is 472 g/mol. The molecule has 6 N–H and O–H groups in total. The van der Waals surface area contributed by atoms with Crippen molar-refractivity contribution in [3.05, 3.63) is 0 Å². The van der Waals surface area contributed by atoms with Crippen molar-refractivity contribution in [2.24, 2.45) is 0 Å². The zero-order valence-corrected chi connectivity index (χ0v) is 24.8. The molecule has 15 nitrogen and oxygen atoms in total. The van der Waals surface area contributed by atoms with E-state index in [-0.39, 0.29) is 140 Å². The summed E-state index contributed by atoms with van der Waals surface area (Å²) in [6.45, 7) is 0. The van der Waals surface area contributed by atoms with Gasteiger partial charge in [0, 0.05) is 0 Å². The van der Waals surface area contributed by atoms with Crippen LogP contribution < -0.4 is 160 Å². The Morgan fingerprint density at radius 3 is 0.652 bits per heavy atom. The van der Waals surface area contributed by atoms with E-state index in [2.05, 4.69) is 4.31 Å². The summed E-state index contributed by atoms with van der Waals surface area (Å²) in [6, 6.07) is 0. The molecule has 0 aliphatic heterocycles. The normalized spacial score (nSPS) is 10.5. The molecule has 0 unspecified atom stereocenters. The van der Waals surface area contributed by atoms with E-state index in [1.54, 1.807) is 0 Å². The van der Waals surface area contributed by atoms with Gasteiger partial charge in [0.25, 0.3) is 0 Å². The first kappa shape index (κ1) is 46.4. The average Bonchev–Trinajstić information content (AvgIpc) is 1.63. The van der Waals surface area contributed by atoms with Crippen molar-refractivity contribution < 1.29 is 212 Å². The Balaban J connectivity index is -0.0000000325. The minimum atomic E-state index is -5.68. The van der Waals surface area contributed by atoms with Crippen LogP contribution in [0.1, 0.15) is 0 Å². The van der Waals surface area contributed by atoms with Gasteiger partial charge >= 0.3 is 156 Å². The van der Waals surface area contributed by atoms with Crippen LogP contribution in [0.4, 0.5) is 0 Å². The van der Waals surface area contributed by atoms with E-state index in [1.165, 1.54) is 0 Å². The van der Waals surface area contributed by atoms with Crippen LogP contribution in [-0.4, -0.2) is 29.4 Å². The van der Waals surface area contributed by atoms with Crippen LogP contribution in [0.15, 0.2) is 0 Å². The van der Waals surface area contributed by atoms with Crippen LogP contribution in [0.2, 0.25) is 0 Å². The van der Waals surface area contributed by atoms with Crippen LogP contribution in [0, 0.1) is 0 Å². The van der Waals surface area contributed by atoms with Gasteiger partial charge in [-0.1, -0.05) is 0 Å². The molecule has 23 heavy (non-hydrogen) atoms. The van der Waals surface area contributed by atoms with E-state index in [9.17, 15) is 28.7 Å². The third-order valence-corrected chi connectivity index (χ3v) is 1.80. The first-order valence-corrected chi connectivity index (χ1v) is 9.08. The monoisotopic (exact) mass is 478 g/mol. The molecule has 0 atom stereocenters. The molecule has 0 saturated heterocycles. The van der Waals surface area contributed by atoms with Gasteiger partial charge in [0.1, 0.15) is 0 Å². The zero-order chi connectivity index (χ0) is 16.7.